The molecule has 26 aliphatic rings. The molecular weight excluding hydrogens is 1250 g/mol. The molecule has 4 atom stereocenters. The van der Waals surface area contributed by atoms with Crippen molar-refractivity contribution in [2.45, 2.75) is 541 Å². The Labute approximate surface area is 659 Å². The zero-order valence-electron chi connectivity index (χ0n) is 64.9. The van der Waals surface area contributed by atoms with Crippen LogP contribution in [0.3, 0.4) is 0 Å². The molecule has 0 nitrogen and oxygen atoms in total. The average Bonchev–Trinajstić information content (AvgIpc) is 1.32. The molecule has 4 unspecified atom stereocenters. The summed E-state index contributed by atoms with van der Waals surface area (Å²) in [5.74, 6) is 20.9. The standard InChI is InChI=1S/C11H20.C10H16.2C10H18.2C9H16.3C8H14.C7H12.C6H10.8CH4/c1-3-7-11(8-4-1)9-5-2-6-10-11;1-7-2-9-4-8(1)5-10(3-7)6-9;1-3-9-5-2-6-10(4-1)8-7-9;1-2-6-10(7-3-1)8-4-5-9-10;1-3-8-5-2-6-9(4-1)7-8;1-2-6-9(5-1)7-3-4-8-9;1-2-8-5-3-7(1)4-6-8;2*1-2-7-4-5-8(3-1)6-7;1-2-7-4-3-6(1)5-7;1-2-6-3-5(1)4-6;;;;;;;;/h1-10H2;7-10H,1-6H2;9-10H,1-8H2;1-9H2;8-9H,1-7H2;1-8H2;3*7-8H,1-6H2;6-7H,1-5H2;5-6H,1-4H2;8*1H4. The van der Waals surface area contributed by atoms with Crippen LogP contribution < -0.4 is 0 Å². The molecule has 0 aromatic rings. The Balaban J connectivity index is 0.000000205. The van der Waals surface area contributed by atoms with E-state index in [4.69, 9.17) is 0 Å². The molecule has 26 fully saturated rings. The number of hydrogen-bond donors (Lipinski definition) is 0. The summed E-state index contributed by atoms with van der Waals surface area (Å²) in [5.41, 5.74) is 2.62. The van der Waals surface area contributed by atoms with E-state index in [2.05, 4.69) is 0 Å². The molecule has 0 heteroatoms. The Morgan fingerprint density at radius 1 is 0.0962 bits per heavy atom. The highest BCUT2D eigenvalue weighted by molar-refractivity contribution is 4.94. The van der Waals surface area contributed by atoms with Crippen molar-refractivity contribution in [1.29, 1.82) is 0 Å². The van der Waals surface area contributed by atoms with Gasteiger partial charge in [-0.1, -0.05) is 387 Å². The third-order valence-corrected chi connectivity index (χ3v) is 34.9. The van der Waals surface area contributed by atoms with Gasteiger partial charge in [0.15, 0.2) is 0 Å². The van der Waals surface area contributed by atoms with Crippen molar-refractivity contribution in [1.82, 2.24) is 0 Å². The summed E-state index contributed by atoms with van der Waals surface area (Å²) in [7, 11) is 0. The van der Waals surface area contributed by atoms with E-state index in [1.54, 1.807) is 347 Å². The molecule has 616 valence electrons. The third kappa shape index (κ3) is 30.1. The highest BCUT2D eigenvalue weighted by atomic mass is 14.5. The van der Waals surface area contributed by atoms with Crippen LogP contribution in [0.2, 0.25) is 0 Å². The molecule has 26 aliphatic carbocycles. The minimum Gasteiger partial charge on any atom is -0.0776 e. The van der Waals surface area contributed by atoms with Crippen LogP contribution in [0.5, 0.6) is 0 Å². The number of hydrogen-bond acceptors (Lipinski definition) is 0. The summed E-state index contributed by atoms with van der Waals surface area (Å²) in [5, 5.41) is 0. The van der Waals surface area contributed by atoms with Crippen LogP contribution in [0.1, 0.15) is 541 Å². The molecule has 0 saturated heterocycles. The second kappa shape index (κ2) is 49.6. The second-order valence-corrected chi connectivity index (χ2v) is 42.0. The second-order valence-electron chi connectivity index (χ2n) is 42.0. The van der Waals surface area contributed by atoms with Crippen molar-refractivity contribution >= 4 is 0 Å². The summed E-state index contributed by atoms with van der Waals surface area (Å²) in [6.45, 7) is 0. The summed E-state index contributed by atoms with van der Waals surface area (Å²) in [6.07, 6.45) is 117. The van der Waals surface area contributed by atoms with Gasteiger partial charge in [-0.05, 0) is 277 Å². The van der Waals surface area contributed by atoms with Gasteiger partial charge in [0, 0.05) is 0 Å². The van der Waals surface area contributed by atoms with Gasteiger partial charge in [0.05, 0.1) is 0 Å². The Kier molecular flexibility index (Phi) is 45.1. The molecule has 0 aromatic heterocycles. The first-order valence-electron chi connectivity index (χ1n) is 47.3. The van der Waals surface area contributed by atoms with Crippen molar-refractivity contribution < 1.29 is 0 Å². The molecule has 104 heavy (non-hydrogen) atoms. The van der Waals surface area contributed by atoms with Gasteiger partial charge in [-0.15, -0.1) is 0 Å². The predicted octanol–water partition coefficient (Wildman–Crippen LogP) is 36.6. The molecule has 0 amide bonds. The summed E-state index contributed by atoms with van der Waals surface area (Å²) in [6, 6.07) is 0. The topological polar surface area (TPSA) is 0 Å². The fourth-order valence-electron chi connectivity index (χ4n) is 29.2. The number of rotatable bonds is 0. The lowest BCUT2D eigenvalue weighted by atomic mass is 9.56. The van der Waals surface area contributed by atoms with Gasteiger partial charge < -0.3 is 0 Å². The Hall–Kier alpha value is 0. The lowest BCUT2D eigenvalue weighted by Gasteiger charge is -2.49. The predicted molar refractivity (Wildman–Crippen MR) is 470 cm³/mol. The zero-order chi connectivity index (χ0) is 64.9. The summed E-state index contributed by atoms with van der Waals surface area (Å²) < 4.78 is 0. The maximum atomic E-state index is 1.60. The van der Waals surface area contributed by atoms with E-state index in [-0.39, 0.29) is 59.4 Å². The van der Waals surface area contributed by atoms with E-state index >= 15 is 0 Å². The van der Waals surface area contributed by atoms with Crippen molar-refractivity contribution in [3.8, 4) is 0 Å². The minimum atomic E-state index is 0. The molecule has 3 spiro atoms. The highest BCUT2D eigenvalue weighted by Crippen LogP contribution is 2.55. The molecule has 26 saturated carbocycles. The van der Waals surface area contributed by atoms with Crippen molar-refractivity contribution in [3.05, 3.63) is 0 Å². The summed E-state index contributed by atoms with van der Waals surface area (Å²) >= 11 is 0. The fraction of sp³-hybridized carbons (Fsp3) is 1.00. The van der Waals surface area contributed by atoms with Crippen LogP contribution in [-0.4, -0.2) is 0 Å². The highest BCUT2D eigenvalue weighted by Gasteiger charge is 2.43. The van der Waals surface area contributed by atoms with E-state index in [0.717, 1.165) is 75.4 Å². The maximum Gasteiger partial charge on any atom is -0.0297 e. The Morgan fingerprint density at radius 3 is 0.375 bits per heavy atom. The van der Waals surface area contributed by atoms with Gasteiger partial charge in [-0.2, -0.15) is 0 Å². The molecule has 18 bridgehead atoms. The lowest BCUT2D eigenvalue weighted by molar-refractivity contribution is 0.0198. The monoisotopic (exact) mass is 1450 g/mol. The first-order chi connectivity index (χ1) is 47.3. The van der Waals surface area contributed by atoms with Crippen molar-refractivity contribution in [3.63, 3.8) is 0 Å². The van der Waals surface area contributed by atoms with Crippen molar-refractivity contribution in [2.24, 2.45) is 123 Å². The normalized spacial score (nSPS) is 38.8. The van der Waals surface area contributed by atoms with E-state index in [1.807, 2.05) is 0 Å². The van der Waals surface area contributed by atoms with Gasteiger partial charge in [0.25, 0.3) is 0 Å². The van der Waals surface area contributed by atoms with E-state index in [9.17, 15) is 0 Å². The van der Waals surface area contributed by atoms with Gasteiger partial charge in [0.1, 0.15) is 0 Å². The summed E-state index contributed by atoms with van der Waals surface area (Å²) in [4.78, 5) is 0. The largest absolute Gasteiger partial charge is 0.0776 e. The Morgan fingerprint density at radius 2 is 0.212 bits per heavy atom. The molecular formula is C104H200. The third-order valence-electron chi connectivity index (χ3n) is 34.9. The van der Waals surface area contributed by atoms with Crippen LogP contribution in [0.15, 0.2) is 0 Å². The van der Waals surface area contributed by atoms with Crippen LogP contribution in [0.4, 0.5) is 0 Å². The molecule has 0 aromatic carbocycles. The smallest absolute Gasteiger partial charge is 0.0297 e. The molecule has 0 aliphatic heterocycles. The number of fused-ring (bicyclic) bond motifs is 15. The van der Waals surface area contributed by atoms with Gasteiger partial charge >= 0.3 is 0 Å². The first kappa shape index (κ1) is 94.6. The maximum absolute atomic E-state index is 1.60. The average molecular weight is 1450 g/mol. The van der Waals surface area contributed by atoms with Crippen LogP contribution in [0, 0.1) is 123 Å². The van der Waals surface area contributed by atoms with Crippen molar-refractivity contribution in [2.75, 3.05) is 0 Å². The van der Waals surface area contributed by atoms with Gasteiger partial charge in [-0.25, -0.2) is 0 Å². The van der Waals surface area contributed by atoms with Gasteiger partial charge in [-0.3, -0.25) is 0 Å². The van der Waals surface area contributed by atoms with Crippen LogP contribution in [-0.2, 0) is 0 Å². The fourth-order valence-corrected chi connectivity index (χ4v) is 29.2. The SMILES string of the molecule is C.C.C.C.C.C.C.C.C1C2CC3CC1CC(C2)C3.C1CC2CC1C2.C1CC2CCC(C1)C2.C1CC2CCC(C1)C2.C1CC2CCC1C2.C1CC2CCC1CC2.C1CC2CCCC(C1)C2.C1CC2CCCC(C1)CC2.C1CCC2(C1)CCCC2.C1CCC2(CC1)CCCC2.C1CCC2(CC1)CCCCC2. The molecule has 0 heterocycles. The van der Waals surface area contributed by atoms with E-state index in [0.29, 0.717) is 0 Å². The van der Waals surface area contributed by atoms with Crippen LogP contribution in [0.25, 0.3) is 0 Å². The Bertz CT molecular complexity index is 1800. The quantitative estimate of drug-likeness (QED) is 0.227. The van der Waals surface area contributed by atoms with Crippen LogP contribution >= 0.6 is 0 Å². The van der Waals surface area contributed by atoms with E-state index in [1.165, 1.54) is 182 Å². The lowest BCUT2D eigenvalue weighted by Crippen LogP contribution is -2.38. The van der Waals surface area contributed by atoms with Gasteiger partial charge in [0.2, 0.25) is 0 Å². The molecule has 0 N–H and O–H groups in total. The molecule has 0 radical (unpaired) electrons. The molecule has 26 rings (SSSR count). The zero-order valence-corrected chi connectivity index (χ0v) is 64.9. The first-order valence-corrected chi connectivity index (χ1v) is 47.3. The minimum absolute atomic E-state index is 0. The van der Waals surface area contributed by atoms with E-state index < -0.39 is 0 Å².